The van der Waals surface area contributed by atoms with E-state index in [0.717, 1.165) is 5.56 Å². The summed E-state index contributed by atoms with van der Waals surface area (Å²) in [5.41, 5.74) is 1.26. The van der Waals surface area contributed by atoms with Crippen LogP contribution >= 0.6 is 15.9 Å². The normalized spacial score (nSPS) is 10.9. The predicted octanol–water partition coefficient (Wildman–Crippen LogP) is 3.67. The van der Waals surface area contributed by atoms with Crippen molar-refractivity contribution >= 4 is 26.0 Å². The van der Waals surface area contributed by atoms with Gasteiger partial charge in [-0.05, 0) is 40.9 Å². The molecule has 5 nitrogen and oxygen atoms in total. The molecule has 24 heavy (non-hydrogen) atoms. The van der Waals surface area contributed by atoms with Gasteiger partial charge in [-0.15, -0.1) is 0 Å². The number of rotatable bonds is 7. The first-order valence-corrected chi connectivity index (χ1v) is 9.64. The summed E-state index contributed by atoms with van der Waals surface area (Å²) in [7, 11) is -3.81. The maximum atomic E-state index is 12.3. The lowest BCUT2D eigenvalue weighted by atomic mass is 10.2. The standard InChI is InChI=1S/C17H16BrNO4S/c1-2-22-16-11-14(12-19)10-15(18)17(16)23-24(20,21)9-8-13-6-4-3-5-7-13/h3-7,10-11H,2,8-9H2,1H3. The Balaban J connectivity index is 2.21. The van der Waals surface area contributed by atoms with Gasteiger partial charge in [0.05, 0.1) is 28.5 Å². The number of benzene rings is 2. The molecule has 0 bridgehead atoms. The SMILES string of the molecule is CCOc1cc(C#N)cc(Br)c1OS(=O)(=O)CCc1ccccc1. The van der Waals surface area contributed by atoms with E-state index in [1.54, 1.807) is 6.92 Å². The summed E-state index contributed by atoms with van der Waals surface area (Å²) < 4.78 is 35.5. The summed E-state index contributed by atoms with van der Waals surface area (Å²) in [4.78, 5) is 0. The second kappa shape index (κ2) is 8.18. The number of nitriles is 1. The first-order chi connectivity index (χ1) is 11.4. The monoisotopic (exact) mass is 409 g/mol. The molecule has 0 N–H and O–H groups in total. The molecule has 0 saturated carbocycles. The fourth-order valence-corrected chi connectivity index (χ4v) is 3.66. The van der Waals surface area contributed by atoms with Gasteiger partial charge in [0, 0.05) is 6.07 Å². The van der Waals surface area contributed by atoms with Gasteiger partial charge in [0.2, 0.25) is 0 Å². The van der Waals surface area contributed by atoms with Crippen LogP contribution in [0.15, 0.2) is 46.9 Å². The molecule has 0 aliphatic carbocycles. The minimum Gasteiger partial charge on any atom is -0.490 e. The number of aryl methyl sites for hydroxylation is 1. The topological polar surface area (TPSA) is 76.4 Å². The molecule has 0 radical (unpaired) electrons. The fourth-order valence-electron chi connectivity index (χ4n) is 2.03. The molecule has 0 fully saturated rings. The predicted molar refractivity (Wildman–Crippen MR) is 94.6 cm³/mol. The Hall–Kier alpha value is -2.04. The molecule has 2 rings (SSSR count). The van der Waals surface area contributed by atoms with Gasteiger partial charge in [0.1, 0.15) is 0 Å². The molecule has 0 aliphatic rings. The maximum absolute atomic E-state index is 12.3. The molecule has 2 aromatic rings. The molecular formula is C17H16BrNO4S. The van der Waals surface area contributed by atoms with Crippen molar-refractivity contribution in [1.29, 1.82) is 5.26 Å². The Kier molecular flexibility index (Phi) is 6.23. The van der Waals surface area contributed by atoms with Gasteiger partial charge >= 0.3 is 10.1 Å². The lowest BCUT2D eigenvalue weighted by Gasteiger charge is -2.14. The zero-order valence-corrected chi connectivity index (χ0v) is 15.4. The lowest BCUT2D eigenvalue weighted by molar-refractivity contribution is 0.327. The van der Waals surface area contributed by atoms with Crippen molar-refractivity contribution in [2.24, 2.45) is 0 Å². The third kappa shape index (κ3) is 4.98. The van der Waals surface area contributed by atoms with Crippen molar-refractivity contribution in [2.45, 2.75) is 13.3 Å². The van der Waals surface area contributed by atoms with E-state index in [0.29, 0.717) is 23.1 Å². The molecule has 0 atom stereocenters. The number of halogens is 1. The van der Waals surface area contributed by atoms with Crippen LogP contribution in [0, 0.1) is 11.3 Å². The van der Waals surface area contributed by atoms with Crippen molar-refractivity contribution in [3.63, 3.8) is 0 Å². The van der Waals surface area contributed by atoms with E-state index in [9.17, 15) is 8.42 Å². The first kappa shape index (κ1) is 18.3. The number of nitrogens with zero attached hydrogens (tertiary/aromatic N) is 1. The Morgan fingerprint density at radius 3 is 2.54 bits per heavy atom. The Bertz CT molecular complexity index is 845. The Labute approximate surface area is 150 Å². The fraction of sp³-hybridized carbons (Fsp3) is 0.235. The molecule has 126 valence electrons. The van der Waals surface area contributed by atoms with E-state index in [4.69, 9.17) is 14.2 Å². The van der Waals surface area contributed by atoms with Gasteiger partial charge in [-0.3, -0.25) is 0 Å². The van der Waals surface area contributed by atoms with Gasteiger partial charge in [-0.1, -0.05) is 30.3 Å². The van der Waals surface area contributed by atoms with Crippen LogP contribution in [0.25, 0.3) is 0 Å². The van der Waals surface area contributed by atoms with Crippen LogP contribution in [0.3, 0.4) is 0 Å². The maximum Gasteiger partial charge on any atom is 0.309 e. The Morgan fingerprint density at radius 1 is 1.21 bits per heavy atom. The number of hydrogen-bond acceptors (Lipinski definition) is 5. The molecular weight excluding hydrogens is 394 g/mol. The van der Waals surface area contributed by atoms with Crippen molar-refractivity contribution in [3.05, 3.63) is 58.1 Å². The first-order valence-electron chi connectivity index (χ1n) is 7.27. The van der Waals surface area contributed by atoms with Gasteiger partial charge in [-0.25, -0.2) is 0 Å². The van der Waals surface area contributed by atoms with E-state index < -0.39 is 10.1 Å². The third-order valence-corrected chi connectivity index (χ3v) is 4.85. The van der Waals surface area contributed by atoms with E-state index >= 15 is 0 Å². The minimum atomic E-state index is -3.81. The van der Waals surface area contributed by atoms with Gasteiger partial charge in [0.25, 0.3) is 0 Å². The third-order valence-electron chi connectivity index (χ3n) is 3.13. The zero-order valence-electron chi connectivity index (χ0n) is 13.0. The summed E-state index contributed by atoms with van der Waals surface area (Å²) in [5, 5.41) is 9.00. The summed E-state index contributed by atoms with van der Waals surface area (Å²) >= 11 is 3.24. The van der Waals surface area contributed by atoms with Crippen LogP contribution in [0.5, 0.6) is 11.5 Å². The number of ether oxygens (including phenoxy) is 1. The van der Waals surface area contributed by atoms with Crippen molar-refractivity contribution in [1.82, 2.24) is 0 Å². The van der Waals surface area contributed by atoms with Crippen molar-refractivity contribution in [3.8, 4) is 17.6 Å². The van der Waals surface area contributed by atoms with Crippen LogP contribution in [-0.2, 0) is 16.5 Å². The molecule has 0 aliphatic heterocycles. The highest BCUT2D eigenvalue weighted by atomic mass is 79.9. The summed E-state index contributed by atoms with van der Waals surface area (Å²) in [6.45, 7) is 2.09. The van der Waals surface area contributed by atoms with Crippen LogP contribution in [0.2, 0.25) is 0 Å². The average Bonchev–Trinajstić information content (AvgIpc) is 2.57. The van der Waals surface area contributed by atoms with Gasteiger partial charge in [0.15, 0.2) is 11.5 Å². The smallest absolute Gasteiger partial charge is 0.309 e. The van der Waals surface area contributed by atoms with E-state index in [1.165, 1.54) is 12.1 Å². The van der Waals surface area contributed by atoms with Gasteiger partial charge in [-0.2, -0.15) is 13.7 Å². The van der Waals surface area contributed by atoms with Crippen LogP contribution in [-0.4, -0.2) is 20.8 Å². The van der Waals surface area contributed by atoms with Crippen molar-refractivity contribution < 1.29 is 17.3 Å². The van der Waals surface area contributed by atoms with E-state index in [1.807, 2.05) is 36.4 Å². The molecule has 0 heterocycles. The highest BCUT2D eigenvalue weighted by Crippen LogP contribution is 2.37. The minimum absolute atomic E-state index is 0.0592. The lowest BCUT2D eigenvalue weighted by Crippen LogP contribution is -2.16. The molecule has 0 unspecified atom stereocenters. The molecule has 7 heteroatoms. The summed E-state index contributed by atoms with van der Waals surface area (Å²) in [6.07, 6.45) is 0.348. The van der Waals surface area contributed by atoms with E-state index in [-0.39, 0.29) is 17.3 Å². The second-order valence-electron chi connectivity index (χ2n) is 4.91. The quantitative estimate of drug-likeness (QED) is 0.651. The molecule has 2 aromatic carbocycles. The summed E-state index contributed by atoms with van der Waals surface area (Å²) in [5.74, 6) is 0.116. The molecule has 0 aromatic heterocycles. The van der Waals surface area contributed by atoms with Gasteiger partial charge < -0.3 is 8.92 Å². The molecule has 0 spiro atoms. The molecule has 0 amide bonds. The molecule has 0 saturated heterocycles. The zero-order chi connectivity index (χ0) is 17.6. The van der Waals surface area contributed by atoms with Crippen molar-refractivity contribution in [2.75, 3.05) is 12.4 Å². The largest absolute Gasteiger partial charge is 0.490 e. The summed E-state index contributed by atoms with van der Waals surface area (Å²) in [6, 6.07) is 14.2. The highest BCUT2D eigenvalue weighted by Gasteiger charge is 2.20. The van der Waals surface area contributed by atoms with Crippen LogP contribution < -0.4 is 8.92 Å². The number of hydrogen-bond donors (Lipinski definition) is 0. The average molecular weight is 410 g/mol. The van der Waals surface area contributed by atoms with E-state index in [2.05, 4.69) is 15.9 Å². The Morgan fingerprint density at radius 2 is 1.92 bits per heavy atom. The van der Waals surface area contributed by atoms with Crippen LogP contribution in [0.4, 0.5) is 0 Å². The highest BCUT2D eigenvalue weighted by molar-refractivity contribution is 9.10. The van der Waals surface area contributed by atoms with Crippen LogP contribution in [0.1, 0.15) is 18.1 Å². The second-order valence-corrected chi connectivity index (χ2v) is 7.46.